The molecule has 0 aliphatic heterocycles. The molecule has 0 saturated heterocycles. The molecule has 1 amide bonds. The highest BCUT2D eigenvalue weighted by atomic mass is 16.6. The van der Waals surface area contributed by atoms with Crippen molar-refractivity contribution >= 4 is 17.7 Å². The second-order valence-electron chi connectivity index (χ2n) is 5.84. The van der Waals surface area contributed by atoms with Crippen molar-refractivity contribution in [1.82, 2.24) is 5.32 Å². The number of carbonyl (C=O) groups is 2. The zero-order chi connectivity index (χ0) is 16.8. The van der Waals surface area contributed by atoms with E-state index in [1.54, 1.807) is 45.5 Å². The molecule has 122 valence electrons. The Balaban J connectivity index is 2.68. The largest absolute Gasteiger partial charge is 0.480 e. The van der Waals surface area contributed by atoms with Gasteiger partial charge in [0.15, 0.2) is 5.69 Å². The average molecular weight is 311 g/mol. The third-order valence-electron chi connectivity index (χ3n) is 2.66. The van der Waals surface area contributed by atoms with Gasteiger partial charge in [-0.05, 0) is 26.3 Å². The van der Waals surface area contributed by atoms with Gasteiger partial charge in [-0.1, -0.05) is 12.1 Å². The van der Waals surface area contributed by atoms with E-state index in [0.717, 1.165) is 11.3 Å². The highest BCUT2D eigenvalue weighted by Gasteiger charge is 2.24. The molecular formula is C15H23N2O5+. The molecule has 22 heavy (non-hydrogen) atoms. The maximum atomic E-state index is 11.7. The number of rotatable bonds is 6. The first-order valence-corrected chi connectivity index (χ1v) is 6.88. The number of hydrogen-bond donors (Lipinski definition) is 3. The Labute approximate surface area is 129 Å². The van der Waals surface area contributed by atoms with Gasteiger partial charge in [-0.15, -0.1) is 0 Å². The summed E-state index contributed by atoms with van der Waals surface area (Å²) in [5.74, 6) is -1.11. The van der Waals surface area contributed by atoms with Gasteiger partial charge in [-0.25, -0.2) is 14.4 Å². The third kappa shape index (κ3) is 6.55. The zero-order valence-electron chi connectivity index (χ0n) is 13.3. The van der Waals surface area contributed by atoms with Gasteiger partial charge in [0.2, 0.25) is 0 Å². The number of quaternary nitrogens is 1. The predicted molar refractivity (Wildman–Crippen MR) is 79.5 cm³/mol. The summed E-state index contributed by atoms with van der Waals surface area (Å²) in [4.78, 5) is 27.9. The molecule has 1 aromatic rings. The third-order valence-corrected chi connectivity index (χ3v) is 2.66. The van der Waals surface area contributed by atoms with Gasteiger partial charge in [-0.2, -0.15) is 5.48 Å². The molecule has 0 spiro atoms. The van der Waals surface area contributed by atoms with Crippen LogP contribution >= 0.6 is 0 Å². The van der Waals surface area contributed by atoms with E-state index in [9.17, 15) is 14.7 Å². The minimum absolute atomic E-state index is 0.168. The molecule has 4 N–H and O–H groups in total. The maximum absolute atomic E-state index is 11.7. The average Bonchev–Trinajstić information content (AvgIpc) is 2.38. The lowest BCUT2D eigenvalue weighted by Gasteiger charge is -2.22. The van der Waals surface area contributed by atoms with Crippen molar-refractivity contribution in [2.45, 2.75) is 38.8 Å². The molecule has 0 aliphatic rings. The van der Waals surface area contributed by atoms with Crippen LogP contribution in [0.2, 0.25) is 0 Å². The molecule has 0 aromatic heterocycles. The summed E-state index contributed by atoms with van der Waals surface area (Å²) < 4.78 is 5.07. The molecule has 0 radical (unpaired) electrons. The highest BCUT2D eigenvalue weighted by Crippen LogP contribution is 2.10. The molecule has 1 aromatic carbocycles. The SMILES string of the molecule is CO[NH2+]c1ccc(CC(NC(=O)OC(C)(C)C)C(=O)O)cc1. The van der Waals surface area contributed by atoms with Crippen molar-refractivity contribution in [3.05, 3.63) is 29.8 Å². The van der Waals surface area contributed by atoms with Crippen LogP contribution in [-0.4, -0.2) is 35.9 Å². The molecule has 0 bridgehead atoms. The maximum Gasteiger partial charge on any atom is 0.408 e. The fraction of sp³-hybridized carbons (Fsp3) is 0.467. The van der Waals surface area contributed by atoms with E-state index in [1.165, 1.54) is 0 Å². The Morgan fingerprint density at radius 2 is 1.86 bits per heavy atom. The lowest BCUT2D eigenvalue weighted by molar-refractivity contribution is -0.830. The van der Waals surface area contributed by atoms with E-state index in [-0.39, 0.29) is 6.42 Å². The first kappa shape index (κ1) is 17.9. The molecule has 0 saturated carbocycles. The number of benzene rings is 1. The molecule has 0 fully saturated rings. The first-order chi connectivity index (χ1) is 10.2. The van der Waals surface area contributed by atoms with Crippen LogP contribution in [0.25, 0.3) is 0 Å². The summed E-state index contributed by atoms with van der Waals surface area (Å²) in [5.41, 5.74) is 2.57. The van der Waals surface area contributed by atoms with Crippen LogP contribution in [0.4, 0.5) is 10.5 Å². The Kier molecular flexibility index (Phi) is 6.33. The molecule has 0 heterocycles. The van der Waals surface area contributed by atoms with Crippen LogP contribution in [0.3, 0.4) is 0 Å². The van der Waals surface area contributed by atoms with Crippen LogP contribution in [0, 0.1) is 0 Å². The summed E-state index contributed by atoms with van der Waals surface area (Å²) in [6.07, 6.45) is -0.578. The number of hydrogen-bond acceptors (Lipinski definition) is 4. The number of nitrogens with one attached hydrogen (secondary N) is 1. The Bertz CT molecular complexity index is 508. The van der Waals surface area contributed by atoms with Gasteiger partial charge >= 0.3 is 12.1 Å². The van der Waals surface area contributed by atoms with Crippen molar-refractivity contribution < 1.29 is 29.8 Å². The number of aliphatic carboxylic acids is 1. The number of carbonyl (C=O) groups excluding carboxylic acids is 1. The van der Waals surface area contributed by atoms with E-state index in [0.29, 0.717) is 0 Å². The smallest absolute Gasteiger partial charge is 0.408 e. The first-order valence-electron chi connectivity index (χ1n) is 6.88. The second kappa shape index (κ2) is 7.77. The van der Waals surface area contributed by atoms with Gasteiger partial charge in [0, 0.05) is 18.6 Å². The van der Waals surface area contributed by atoms with E-state index < -0.39 is 23.7 Å². The molecular weight excluding hydrogens is 288 g/mol. The second-order valence-corrected chi connectivity index (χ2v) is 5.84. The fourth-order valence-corrected chi connectivity index (χ4v) is 1.75. The topological polar surface area (TPSA) is 101 Å². The van der Waals surface area contributed by atoms with Gasteiger partial charge in [-0.3, -0.25) is 0 Å². The number of carboxylic acids is 1. The van der Waals surface area contributed by atoms with Crippen LogP contribution in [0.1, 0.15) is 26.3 Å². The van der Waals surface area contributed by atoms with Gasteiger partial charge in [0.1, 0.15) is 11.6 Å². The fourth-order valence-electron chi connectivity index (χ4n) is 1.75. The Morgan fingerprint density at radius 3 is 2.32 bits per heavy atom. The normalized spacial score (nSPS) is 12.5. The number of carboxylic acid groups (broad SMARTS) is 1. The lowest BCUT2D eigenvalue weighted by Crippen LogP contribution is -2.75. The highest BCUT2D eigenvalue weighted by molar-refractivity contribution is 5.80. The monoisotopic (exact) mass is 311 g/mol. The summed E-state index contributed by atoms with van der Waals surface area (Å²) in [7, 11) is 1.55. The van der Waals surface area contributed by atoms with Crippen LogP contribution in [0.5, 0.6) is 0 Å². The Morgan fingerprint density at radius 1 is 1.27 bits per heavy atom. The van der Waals surface area contributed by atoms with Crippen molar-refractivity contribution in [3.8, 4) is 0 Å². The van der Waals surface area contributed by atoms with E-state index in [1.807, 2.05) is 12.1 Å². The number of ether oxygens (including phenoxy) is 1. The Hall–Kier alpha value is -2.12. The summed E-state index contributed by atoms with van der Waals surface area (Å²) in [6, 6.07) is 6.15. The predicted octanol–water partition coefficient (Wildman–Crippen LogP) is 0.963. The molecule has 1 atom stereocenters. The molecule has 1 unspecified atom stereocenters. The van der Waals surface area contributed by atoms with Gasteiger partial charge < -0.3 is 15.2 Å². The zero-order valence-corrected chi connectivity index (χ0v) is 13.3. The van der Waals surface area contributed by atoms with Crippen molar-refractivity contribution in [2.24, 2.45) is 0 Å². The van der Waals surface area contributed by atoms with E-state index in [2.05, 4.69) is 5.32 Å². The molecule has 1 rings (SSSR count). The van der Waals surface area contributed by atoms with Crippen molar-refractivity contribution in [1.29, 1.82) is 0 Å². The van der Waals surface area contributed by atoms with Gasteiger partial charge in [0.05, 0.1) is 7.11 Å². The quantitative estimate of drug-likeness (QED) is 0.536. The van der Waals surface area contributed by atoms with Crippen LogP contribution in [0.15, 0.2) is 24.3 Å². The minimum atomic E-state index is -1.11. The van der Waals surface area contributed by atoms with Crippen molar-refractivity contribution in [3.63, 3.8) is 0 Å². The van der Waals surface area contributed by atoms with Crippen molar-refractivity contribution in [2.75, 3.05) is 7.11 Å². The molecule has 7 heteroatoms. The minimum Gasteiger partial charge on any atom is -0.480 e. The number of nitrogens with two attached hydrogens (primary N) is 1. The van der Waals surface area contributed by atoms with E-state index >= 15 is 0 Å². The standard InChI is InChI=1S/C15H22N2O5/c1-15(2,3)22-14(20)16-12(13(18)19)9-10-5-7-11(8-6-10)17-21-4/h5-8,12,17H,9H2,1-4H3,(H,16,20)(H,18,19)/p+1. The summed E-state index contributed by atoms with van der Waals surface area (Å²) >= 11 is 0. The van der Waals surface area contributed by atoms with Crippen LogP contribution < -0.4 is 10.8 Å². The van der Waals surface area contributed by atoms with Gasteiger partial charge in [0.25, 0.3) is 0 Å². The number of amides is 1. The summed E-state index contributed by atoms with van der Waals surface area (Å²) in [5, 5.41) is 11.6. The molecule has 0 aliphatic carbocycles. The van der Waals surface area contributed by atoms with Crippen LogP contribution in [-0.2, 0) is 20.8 Å². The molecule has 7 nitrogen and oxygen atoms in total. The summed E-state index contributed by atoms with van der Waals surface area (Å²) in [6.45, 7) is 5.15. The number of alkyl carbamates (subject to hydrolysis) is 1. The lowest BCUT2D eigenvalue weighted by atomic mass is 10.1. The van der Waals surface area contributed by atoms with E-state index in [4.69, 9.17) is 9.57 Å².